The van der Waals surface area contributed by atoms with Gasteiger partial charge in [-0.2, -0.15) is 13.2 Å². The number of urea groups is 1. The van der Waals surface area contributed by atoms with E-state index in [0.29, 0.717) is 17.2 Å². The van der Waals surface area contributed by atoms with E-state index in [-0.39, 0.29) is 28.1 Å². The van der Waals surface area contributed by atoms with Gasteiger partial charge < -0.3 is 5.32 Å². The number of hydrogen-bond donors (Lipinski definition) is 2. The van der Waals surface area contributed by atoms with E-state index >= 15 is 0 Å². The Morgan fingerprint density at radius 3 is 2.48 bits per heavy atom. The maximum Gasteiger partial charge on any atom is 0.416 e. The van der Waals surface area contributed by atoms with Gasteiger partial charge in [0.1, 0.15) is 4.34 Å². The van der Waals surface area contributed by atoms with Crippen LogP contribution in [-0.4, -0.2) is 16.8 Å². The molecule has 1 heterocycles. The highest BCUT2D eigenvalue weighted by atomic mass is 35.5. The fourth-order valence-corrected chi connectivity index (χ4v) is 3.81. The molecule has 0 aliphatic heterocycles. The highest BCUT2D eigenvalue weighted by molar-refractivity contribution is 7.19. The lowest BCUT2D eigenvalue weighted by Crippen LogP contribution is -2.22. The number of carbonyl (C=O) groups excluding carboxylic acids is 2. The van der Waals surface area contributed by atoms with Crippen molar-refractivity contribution in [2.45, 2.75) is 31.9 Å². The Bertz CT molecular complexity index is 863. The molecule has 1 aromatic heterocycles. The topological polar surface area (TPSA) is 71.1 Å². The molecule has 5 nitrogen and oxygen atoms in total. The van der Waals surface area contributed by atoms with E-state index < -0.39 is 17.8 Å². The molecule has 0 saturated heterocycles. The third-order valence-electron chi connectivity index (χ3n) is 4.28. The molecular weight excluding hydrogens is 403 g/mol. The lowest BCUT2D eigenvalue weighted by Gasteiger charge is -2.16. The van der Waals surface area contributed by atoms with Crippen LogP contribution in [0.4, 0.5) is 28.8 Å². The molecule has 1 aliphatic carbocycles. The number of benzene rings is 1. The van der Waals surface area contributed by atoms with E-state index in [2.05, 4.69) is 15.6 Å². The lowest BCUT2D eigenvalue weighted by molar-refractivity contribution is -0.137. The predicted octanol–water partition coefficient (Wildman–Crippen LogP) is 5.83. The van der Waals surface area contributed by atoms with Gasteiger partial charge in [0, 0.05) is 11.5 Å². The number of aromatic nitrogens is 1. The van der Waals surface area contributed by atoms with Gasteiger partial charge in [-0.05, 0) is 31.0 Å². The Morgan fingerprint density at radius 2 is 1.89 bits per heavy atom. The fraction of sp³-hybridized carbons (Fsp3) is 0.353. The first-order chi connectivity index (χ1) is 12.7. The van der Waals surface area contributed by atoms with Crippen LogP contribution in [0.25, 0.3) is 0 Å². The molecule has 3 rings (SSSR count). The summed E-state index contributed by atoms with van der Waals surface area (Å²) in [4.78, 5) is 28.7. The molecule has 144 valence electrons. The van der Waals surface area contributed by atoms with Gasteiger partial charge in [0.05, 0.1) is 17.4 Å². The minimum atomic E-state index is -4.58. The van der Waals surface area contributed by atoms with Gasteiger partial charge in [-0.3, -0.25) is 10.1 Å². The molecule has 2 amide bonds. The summed E-state index contributed by atoms with van der Waals surface area (Å²) in [5, 5.41) is 5.10. The van der Waals surface area contributed by atoms with Crippen molar-refractivity contribution in [3.05, 3.63) is 39.9 Å². The molecule has 27 heavy (non-hydrogen) atoms. The fourth-order valence-electron chi connectivity index (χ4n) is 3.00. The van der Waals surface area contributed by atoms with E-state index in [4.69, 9.17) is 11.6 Å². The molecule has 0 atom stereocenters. The molecule has 1 fully saturated rings. The molecule has 0 unspecified atom stereocenters. The zero-order valence-corrected chi connectivity index (χ0v) is 15.5. The Balaban J connectivity index is 1.86. The van der Waals surface area contributed by atoms with Gasteiger partial charge in [-0.1, -0.05) is 35.8 Å². The number of thiazole rings is 1. The first-order valence-corrected chi connectivity index (χ1v) is 9.38. The number of anilines is 2. The number of nitrogens with zero attached hydrogens (tertiary/aromatic N) is 1. The highest BCUT2D eigenvalue weighted by Crippen LogP contribution is 2.35. The largest absolute Gasteiger partial charge is 0.416 e. The first kappa shape index (κ1) is 19.6. The van der Waals surface area contributed by atoms with Crippen molar-refractivity contribution in [2.24, 2.45) is 5.92 Å². The Hall–Kier alpha value is -2.13. The number of alkyl halides is 3. The smallest absolute Gasteiger partial charge is 0.307 e. The molecule has 1 aliphatic rings. The quantitative estimate of drug-likeness (QED) is 0.614. The van der Waals surface area contributed by atoms with Crippen LogP contribution >= 0.6 is 22.9 Å². The average Bonchev–Trinajstić information content (AvgIpc) is 3.25. The Morgan fingerprint density at radius 1 is 1.19 bits per heavy atom. The second-order valence-corrected chi connectivity index (χ2v) is 7.81. The number of rotatable bonds is 4. The zero-order valence-electron chi connectivity index (χ0n) is 13.9. The molecule has 1 aromatic carbocycles. The van der Waals surface area contributed by atoms with Gasteiger partial charge in [-0.25, -0.2) is 9.78 Å². The van der Waals surface area contributed by atoms with Crippen LogP contribution in [0.5, 0.6) is 0 Å². The summed E-state index contributed by atoms with van der Waals surface area (Å²) in [6.07, 6.45) is -0.221. The highest BCUT2D eigenvalue weighted by Gasteiger charge is 2.33. The van der Waals surface area contributed by atoms with E-state index in [1.54, 1.807) is 0 Å². The molecular formula is C17H15ClF3N3O2S. The zero-order chi connectivity index (χ0) is 19.6. The first-order valence-electron chi connectivity index (χ1n) is 8.19. The molecule has 2 N–H and O–H groups in total. The predicted molar refractivity (Wildman–Crippen MR) is 97.5 cm³/mol. The summed E-state index contributed by atoms with van der Waals surface area (Å²) >= 11 is 6.77. The monoisotopic (exact) mass is 417 g/mol. The van der Waals surface area contributed by atoms with Gasteiger partial charge in [-0.15, -0.1) is 0 Å². The van der Waals surface area contributed by atoms with Gasteiger partial charge in [0.15, 0.2) is 10.9 Å². The Kier molecular flexibility index (Phi) is 5.71. The maximum atomic E-state index is 13.1. The van der Waals surface area contributed by atoms with Crippen LogP contribution < -0.4 is 10.6 Å². The molecule has 0 bridgehead atoms. The van der Waals surface area contributed by atoms with Crippen molar-refractivity contribution in [1.82, 2.24) is 4.98 Å². The number of nitrogens with one attached hydrogen (secondary N) is 2. The number of halogens is 4. The van der Waals surface area contributed by atoms with Crippen molar-refractivity contribution in [1.29, 1.82) is 0 Å². The number of hydrogen-bond acceptors (Lipinski definition) is 4. The summed E-state index contributed by atoms with van der Waals surface area (Å²) in [6.45, 7) is 0. The van der Waals surface area contributed by atoms with E-state index in [0.717, 1.165) is 42.4 Å². The summed E-state index contributed by atoms with van der Waals surface area (Å²) in [7, 11) is 0. The van der Waals surface area contributed by atoms with Crippen LogP contribution in [0.3, 0.4) is 0 Å². The summed E-state index contributed by atoms with van der Waals surface area (Å²) in [5.74, 6) is -0.707. The molecule has 2 aromatic rings. The van der Waals surface area contributed by atoms with Crippen LogP contribution in [0, 0.1) is 5.92 Å². The minimum Gasteiger partial charge on any atom is -0.307 e. The Labute approximate surface area is 161 Å². The minimum absolute atomic E-state index is 0.0278. The number of amides is 2. The van der Waals surface area contributed by atoms with E-state index in [9.17, 15) is 22.8 Å². The normalized spacial score (nSPS) is 15.0. The second kappa shape index (κ2) is 7.85. The van der Waals surface area contributed by atoms with Crippen molar-refractivity contribution >= 4 is 45.6 Å². The van der Waals surface area contributed by atoms with Gasteiger partial charge >= 0.3 is 12.2 Å². The van der Waals surface area contributed by atoms with E-state index in [1.165, 1.54) is 6.20 Å². The SMILES string of the molecule is O=C(Nc1ncc(Cl)s1)Nc1ccc(C(F)(F)F)cc1C(=O)C1CCCC1. The van der Waals surface area contributed by atoms with Crippen molar-refractivity contribution in [2.75, 3.05) is 10.6 Å². The van der Waals surface area contributed by atoms with Crippen molar-refractivity contribution in [3.8, 4) is 0 Å². The molecule has 0 radical (unpaired) electrons. The van der Waals surface area contributed by atoms with Crippen molar-refractivity contribution < 1.29 is 22.8 Å². The number of Topliss-reactive ketones (excluding diaryl/α,β-unsaturated/α-hetero) is 1. The van der Waals surface area contributed by atoms with Crippen molar-refractivity contribution in [3.63, 3.8) is 0 Å². The van der Waals surface area contributed by atoms with Crippen LogP contribution in [0.2, 0.25) is 4.34 Å². The third-order valence-corrected chi connectivity index (χ3v) is 5.31. The standard InChI is InChI=1S/C17H15ClF3N3O2S/c18-13-8-22-16(27-13)24-15(26)23-12-6-5-10(17(19,20)21)7-11(12)14(25)9-3-1-2-4-9/h5-9H,1-4H2,(H2,22,23,24,26). The maximum absolute atomic E-state index is 13.1. The summed E-state index contributed by atoms with van der Waals surface area (Å²) < 4.78 is 39.6. The van der Waals surface area contributed by atoms with E-state index in [1.807, 2.05) is 0 Å². The number of ketones is 1. The molecule has 0 spiro atoms. The summed E-state index contributed by atoms with van der Waals surface area (Å²) in [5.41, 5.74) is -1.04. The van der Waals surface area contributed by atoms with Gasteiger partial charge in [0.2, 0.25) is 0 Å². The number of carbonyl (C=O) groups is 2. The molecule has 10 heteroatoms. The third kappa shape index (κ3) is 4.78. The summed E-state index contributed by atoms with van der Waals surface area (Å²) in [6, 6.07) is 2.01. The van der Waals surface area contributed by atoms with Gasteiger partial charge in [0.25, 0.3) is 0 Å². The van der Waals surface area contributed by atoms with Crippen LogP contribution in [-0.2, 0) is 6.18 Å². The van der Waals surface area contributed by atoms with Crippen LogP contribution in [0.1, 0.15) is 41.6 Å². The van der Waals surface area contributed by atoms with Crippen LogP contribution in [0.15, 0.2) is 24.4 Å². The average molecular weight is 418 g/mol. The second-order valence-electron chi connectivity index (χ2n) is 6.15. The lowest BCUT2D eigenvalue weighted by atomic mass is 9.93. The molecule has 1 saturated carbocycles.